The number of Topliss-reactive ketones (excluding diaryl/α,β-unsaturated/α-hetero) is 1. The van der Waals surface area contributed by atoms with Crippen LogP contribution in [-0.4, -0.2) is 17.0 Å². The number of aliphatic hydroxyl groups excluding tert-OH is 1. The summed E-state index contributed by atoms with van der Waals surface area (Å²) >= 11 is 0. The Hall–Kier alpha value is -0.370. The van der Waals surface area contributed by atoms with Crippen molar-refractivity contribution in [2.24, 2.45) is 10.8 Å². The van der Waals surface area contributed by atoms with Gasteiger partial charge in [-0.25, -0.2) is 0 Å². The first-order valence-corrected chi connectivity index (χ1v) is 5.43. The third-order valence-corrected chi connectivity index (χ3v) is 3.06. The third-order valence-electron chi connectivity index (χ3n) is 3.06. The molecule has 0 amide bonds. The summed E-state index contributed by atoms with van der Waals surface area (Å²) in [5.74, 6) is 0.154. The van der Waals surface area contributed by atoms with Gasteiger partial charge in [-0.3, -0.25) is 4.79 Å². The predicted octanol–water partition coefficient (Wildman–Crippen LogP) is 2.79. The number of aliphatic hydroxyl groups is 1. The van der Waals surface area contributed by atoms with Crippen LogP contribution in [0.25, 0.3) is 0 Å². The van der Waals surface area contributed by atoms with E-state index in [4.69, 9.17) is 0 Å². The van der Waals surface area contributed by atoms with Gasteiger partial charge in [0.2, 0.25) is 0 Å². The summed E-state index contributed by atoms with van der Waals surface area (Å²) in [4.78, 5) is 12.2. The molecule has 0 radical (unpaired) electrons. The summed E-state index contributed by atoms with van der Waals surface area (Å²) < 4.78 is 0. The van der Waals surface area contributed by atoms with Crippen LogP contribution in [0.2, 0.25) is 0 Å². The van der Waals surface area contributed by atoms with Crippen LogP contribution >= 0.6 is 0 Å². The van der Waals surface area contributed by atoms with Crippen molar-refractivity contribution >= 4 is 5.78 Å². The normalized spacial score (nSPS) is 18.8. The van der Waals surface area contributed by atoms with Crippen molar-refractivity contribution in [1.82, 2.24) is 0 Å². The topological polar surface area (TPSA) is 37.3 Å². The molecular formula is C12H24O2. The summed E-state index contributed by atoms with van der Waals surface area (Å²) in [6.07, 6.45) is 0.795. The van der Waals surface area contributed by atoms with E-state index in [1.807, 2.05) is 41.5 Å². The van der Waals surface area contributed by atoms with Gasteiger partial charge in [-0.2, -0.15) is 0 Å². The van der Waals surface area contributed by atoms with Crippen LogP contribution in [0.5, 0.6) is 0 Å². The molecule has 0 fully saturated rings. The largest absolute Gasteiger partial charge is 0.392 e. The number of hydrogen-bond acceptors (Lipinski definition) is 2. The summed E-state index contributed by atoms with van der Waals surface area (Å²) in [5.41, 5.74) is -0.964. The SMILES string of the molecule is CCC(O)C(C)(CC)C(=O)C(C)(C)C. The minimum absolute atomic E-state index is 0.154. The Bertz CT molecular complexity index is 203. The summed E-state index contributed by atoms with van der Waals surface area (Å²) in [6.45, 7) is 11.5. The molecule has 2 heteroatoms. The first kappa shape index (κ1) is 13.6. The van der Waals surface area contributed by atoms with Crippen LogP contribution in [0.1, 0.15) is 54.4 Å². The quantitative estimate of drug-likeness (QED) is 0.757. The Morgan fingerprint density at radius 1 is 1.21 bits per heavy atom. The molecule has 0 aliphatic carbocycles. The molecule has 0 aromatic rings. The number of hydrogen-bond donors (Lipinski definition) is 1. The summed E-state index contributed by atoms with van der Waals surface area (Å²) in [5, 5.41) is 9.89. The van der Waals surface area contributed by atoms with Gasteiger partial charge in [0.15, 0.2) is 0 Å². The average molecular weight is 200 g/mol. The van der Waals surface area contributed by atoms with Crippen LogP contribution in [0.15, 0.2) is 0 Å². The van der Waals surface area contributed by atoms with E-state index < -0.39 is 11.5 Å². The second kappa shape index (κ2) is 4.43. The molecule has 0 aromatic heterocycles. The van der Waals surface area contributed by atoms with Gasteiger partial charge >= 0.3 is 0 Å². The minimum atomic E-state index is -0.590. The summed E-state index contributed by atoms with van der Waals surface area (Å²) in [7, 11) is 0. The van der Waals surface area contributed by atoms with E-state index in [0.717, 1.165) is 0 Å². The van der Waals surface area contributed by atoms with Crippen molar-refractivity contribution < 1.29 is 9.90 Å². The molecule has 2 nitrogen and oxygen atoms in total. The monoisotopic (exact) mass is 200 g/mol. The molecule has 0 aliphatic heterocycles. The lowest BCUT2D eigenvalue weighted by Gasteiger charge is -2.36. The smallest absolute Gasteiger partial charge is 0.146 e. The minimum Gasteiger partial charge on any atom is -0.392 e. The van der Waals surface area contributed by atoms with Gasteiger partial charge in [0.05, 0.1) is 11.5 Å². The van der Waals surface area contributed by atoms with E-state index in [1.54, 1.807) is 0 Å². The Balaban J connectivity index is 4.96. The van der Waals surface area contributed by atoms with Crippen molar-refractivity contribution in [1.29, 1.82) is 0 Å². The first-order chi connectivity index (χ1) is 6.20. The number of carbonyl (C=O) groups excluding carboxylic acids is 1. The van der Waals surface area contributed by atoms with Crippen molar-refractivity contribution in [3.8, 4) is 0 Å². The van der Waals surface area contributed by atoms with Gasteiger partial charge in [0, 0.05) is 5.41 Å². The third kappa shape index (κ3) is 2.57. The fraction of sp³-hybridized carbons (Fsp3) is 0.917. The molecular weight excluding hydrogens is 176 g/mol. The zero-order valence-electron chi connectivity index (χ0n) is 10.3. The average Bonchev–Trinajstić information content (AvgIpc) is 2.12. The molecule has 0 rings (SSSR count). The lowest BCUT2D eigenvalue weighted by molar-refractivity contribution is -0.143. The lowest BCUT2D eigenvalue weighted by atomic mass is 9.68. The van der Waals surface area contributed by atoms with E-state index in [2.05, 4.69) is 0 Å². The Labute approximate surface area is 87.7 Å². The van der Waals surface area contributed by atoms with Crippen LogP contribution in [-0.2, 0) is 4.79 Å². The highest BCUT2D eigenvalue weighted by Crippen LogP contribution is 2.36. The molecule has 1 N–H and O–H groups in total. The standard InChI is InChI=1S/C12H24O2/c1-7-9(13)12(6,8-2)10(14)11(3,4)5/h9,13H,7-8H2,1-6H3. The van der Waals surface area contributed by atoms with Crippen molar-refractivity contribution in [2.45, 2.75) is 60.5 Å². The Morgan fingerprint density at radius 3 is 1.86 bits per heavy atom. The van der Waals surface area contributed by atoms with E-state index in [9.17, 15) is 9.90 Å². The molecule has 0 spiro atoms. The maximum Gasteiger partial charge on any atom is 0.146 e. The molecule has 2 atom stereocenters. The zero-order valence-corrected chi connectivity index (χ0v) is 10.3. The van der Waals surface area contributed by atoms with E-state index in [1.165, 1.54) is 0 Å². The zero-order chi connectivity index (χ0) is 11.6. The highest BCUT2D eigenvalue weighted by Gasteiger charge is 2.42. The van der Waals surface area contributed by atoms with Gasteiger partial charge < -0.3 is 5.11 Å². The van der Waals surface area contributed by atoms with Gasteiger partial charge in [-0.1, -0.05) is 41.5 Å². The van der Waals surface area contributed by atoms with Gasteiger partial charge in [-0.05, 0) is 12.8 Å². The van der Waals surface area contributed by atoms with Crippen LogP contribution < -0.4 is 0 Å². The molecule has 2 unspecified atom stereocenters. The van der Waals surface area contributed by atoms with Crippen molar-refractivity contribution in [2.75, 3.05) is 0 Å². The number of rotatable bonds is 4. The van der Waals surface area contributed by atoms with Crippen molar-refractivity contribution in [3.05, 3.63) is 0 Å². The Morgan fingerprint density at radius 2 is 1.64 bits per heavy atom. The van der Waals surface area contributed by atoms with Crippen LogP contribution in [0.3, 0.4) is 0 Å². The van der Waals surface area contributed by atoms with Gasteiger partial charge in [0.25, 0.3) is 0 Å². The second-order valence-electron chi connectivity index (χ2n) is 5.27. The molecule has 0 bridgehead atoms. The van der Waals surface area contributed by atoms with E-state index in [0.29, 0.717) is 12.8 Å². The number of carbonyl (C=O) groups is 1. The number of ketones is 1. The molecule has 84 valence electrons. The fourth-order valence-corrected chi connectivity index (χ4v) is 1.85. The van der Waals surface area contributed by atoms with Crippen molar-refractivity contribution in [3.63, 3.8) is 0 Å². The molecule has 0 aromatic carbocycles. The van der Waals surface area contributed by atoms with Crippen LogP contribution in [0.4, 0.5) is 0 Å². The first-order valence-electron chi connectivity index (χ1n) is 5.43. The molecule has 0 aliphatic rings. The molecule has 14 heavy (non-hydrogen) atoms. The van der Waals surface area contributed by atoms with Crippen LogP contribution in [0, 0.1) is 10.8 Å². The fourth-order valence-electron chi connectivity index (χ4n) is 1.85. The maximum absolute atomic E-state index is 12.2. The lowest BCUT2D eigenvalue weighted by Crippen LogP contribution is -2.44. The second-order valence-corrected chi connectivity index (χ2v) is 5.27. The highest BCUT2D eigenvalue weighted by molar-refractivity contribution is 5.89. The maximum atomic E-state index is 12.2. The van der Waals surface area contributed by atoms with Gasteiger partial charge in [-0.15, -0.1) is 0 Å². The molecule has 0 saturated heterocycles. The van der Waals surface area contributed by atoms with E-state index >= 15 is 0 Å². The molecule has 0 heterocycles. The Kier molecular flexibility index (Phi) is 4.32. The highest BCUT2D eigenvalue weighted by atomic mass is 16.3. The predicted molar refractivity (Wildman–Crippen MR) is 59.2 cm³/mol. The molecule has 0 saturated carbocycles. The summed E-state index contributed by atoms with van der Waals surface area (Å²) in [6, 6.07) is 0. The van der Waals surface area contributed by atoms with E-state index in [-0.39, 0.29) is 11.2 Å². The van der Waals surface area contributed by atoms with Gasteiger partial charge in [0.1, 0.15) is 5.78 Å².